The summed E-state index contributed by atoms with van der Waals surface area (Å²) in [5.41, 5.74) is 3.51. The van der Waals surface area contributed by atoms with Gasteiger partial charge < -0.3 is 4.90 Å². The number of amides is 3. The van der Waals surface area contributed by atoms with Crippen molar-refractivity contribution in [2.24, 2.45) is 0 Å². The van der Waals surface area contributed by atoms with Crippen LogP contribution in [0.4, 0.5) is 10.7 Å². The number of urea groups is 1. The number of nitrogens with zero attached hydrogens (tertiary/aromatic N) is 4. The maximum absolute atomic E-state index is 11.8. The fraction of sp³-hybridized carbons (Fsp3) is 0.222. The minimum absolute atomic E-state index is 0.277. The number of anilines is 1. The third kappa shape index (κ3) is 2.84. The molecule has 0 saturated carbocycles. The SMILES string of the molecule is CN1C(=O)NC(=O)/C1=C/c1ccnc(N2CCc3ccccc3C2)n1. The molecule has 25 heavy (non-hydrogen) atoms. The van der Waals surface area contributed by atoms with Crippen LogP contribution in [0.5, 0.6) is 0 Å². The molecule has 126 valence electrons. The predicted octanol–water partition coefficient (Wildman–Crippen LogP) is 1.56. The van der Waals surface area contributed by atoms with Crippen molar-refractivity contribution < 1.29 is 9.59 Å². The Kier molecular flexibility index (Phi) is 3.68. The lowest BCUT2D eigenvalue weighted by Crippen LogP contribution is -2.31. The second-order valence-electron chi connectivity index (χ2n) is 6.07. The molecule has 0 radical (unpaired) electrons. The normalized spacial score (nSPS) is 18.5. The highest BCUT2D eigenvalue weighted by Crippen LogP contribution is 2.22. The van der Waals surface area contributed by atoms with Crippen molar-refractivity contribution in [2.75, 3.05) is 18.5 Å². The highest BCUT2D eigenvalue weighted by molar-refractivity contribution is 6.13. The molecule has 4 rings (SSSR count). The van der Waals surface area contributed by atoms with Crippen molar-refractivity contribution in [1.29, 1.82) is 0 Å². The van der Waals surface area contributed by atoms with Crippen LogP contribution < -0.4 is 10.2 Å². The lowest BCUT2D eigenvalue weighted by molar-refractivity contribution is -0.115. The first-order chi connectivity index (χ1) is 12.1. The average molecular weight is 335 g/mol. The summed E-state index contributed by atoms with van der Waals surface area (Å²) in [6.07, 6.45) is 4.22. The number of rotatable bonds is 2. The number of hydrogen-bond donors (Lipinski definition) is 1. The van der Waals surface area contributed by atoms with Gasteiger partial charge in [-0.2, -0.15) is 0 Å². The van der Waals surface area contributed by atoms with Crippen LogP contribution in [-0.2, 0) is 17.8 Å². The van der Waals surface area contributed by atoms with Gasteiger partial charge in [-0.25, -0.2) is 14.8 Å². The zero-order chi connectivity index (χ0) is 17.4. The number of imide groups is 1. The smallest absolute Gasteiger partial charge is 0.328 e. The minimum atomic E-state index is -0.432. The molecular formula is C18H17N5O2. The van der Waals surface area contributed by atoms with E-state index in [-0.39, 0.29) is 5.70 Å². The first-order valence-electron chi connectivity index (χ1n) is 8.07. The summed E-state index contributed by atoms with van der Waals surface area (Å²) in [5, 5.41) is 2.25. The van der Waals surface area contributed by atoms with Crippen molar-refractivity contribution in [3.63, 3.8) is 0 Å². The molecule has 0 unspecified atom stereocenters. The van der Waals surface area contributed by atoms with Gasteiger partial charge in [-0.3, -0.25) is 15.0 Å². The Hall–Kier alpha value is -3.22. The van der Waals surface area contributed by atoms with Gasteiger partial charge in [-0.05, 0) is 29.7 Å². The van der Waals surface area contributed by atoms with Crippen molar-refractivity contribution in [2.45, 2.75) is 13.0 Å². The zero-order valence-corrected chi connectivity index (χ0v) is 13.8. The molecule has 1 aromatic carbocycles. The van der Waals surface area contributed by atoms with E-state index in [4.69, 9.17) is 0 Å². The quantitative estimate of drug-likeness (QED) is 0.666. The second-order valence-corrected chi connectivity index (χ2v) is 6.07. The lowest BCUT2D eigenvalue weighted by atomic mass is 10.0. The highest BCUT2D eigenvalue weighted by Gasteiger charge is 2.29. The molecule has 0 aliphatic carbocycles. The Morgan fingerprint density at radius 1 is 1.16 bits per heavy atom. The van der Waals surface area contributed by atoms with E-state index < -0.39 is 11.9 Å². The molecule has 2 aliphatic heterocycles. The Morgan fingerprint density at radius 3 is 2.72 bits per heavy atom. The molecule has 7 heteroatoms. The van der Waals surface area contributed by atoms with Crippen LogP contribution in [0.25, 0.3) is 6.08 Å². The van der Waals surface area contributed by atoms with Crippen LogP contribution in [0.2, 0.25) is 0 Å². The Morgan fingerprint density at radius 2 is 1.96 bits per heavy atom. The number of fused-ring (bicyclic) bond motifs is 1. The molecule has 0 spiro atoms. The average Bonchev–Trinajstić information content (AvgIpc) is 2.88. The number of benzene rings is 1. The van der Waals surface area contributed by atoms with Crippen LogP contribution >= 0.6 is 0 Å². The number of nitrogens with one attached hydrogen (secondary N) is 1. The molecule has 3 heterocycles. The summed E-state index contributed by atoms with van der Waals surface area (Å²) in [4.78, 5) is 35.7. The monoisotopic (exact) mass is 335 g/mol. The van der Waals surface area contributed by atoms with Crippen molar-refractivity contribution >= 4 is 24.0 Å². The fourth-order valence-corrected chi connectivity index (χ4v) is 3.07. The number of aromatic nitrogens is 2. The Balaban J connectivity index is 1.61. The van der Waals surface area contributed by atoms with Gasteiger partial charge >= 0.3 is 6.03 Å². The second kappa shape index (κ2) is 6.01. The fourth-order valence-electron chi connectivity index (χ4n) is 3.07. The standard InChI is InChI=1S/C18H17N5O2/c1-22-15(16(24)21-18(22)25)10-14-6-8-19-17(20-14)23-9-7-12-4-2-3-5-13(12)11-23/h2-6,8,10H,7,9,11H2,1H3,(H,21,24,25)/b15-10-. The van der Waals surface area contributed by atoms with Crippen LogP contribution in [0.1, 0.15) is 16.8 Å². The molecule has 0 atom stereocenters. The molecule has 1 fully saturated rings. The van der Waals surface area contributed by atoms with E-state index >= 15 is 0 Å². The van der Waals surface area contributed by atoms with E-state index in [0.717, 1.165) is 19.5 Å². The van der Waals surface area contributed by atoms with Gasteiger partial charge in [0.05, 0.1) is 5.69 Å². The Bertz CT molecular complexity index is 893. The van der Waals surface area contributed by atoms with E-state index in [2.05, 4.69) is 38.4 Å². The third-order valence-corrected chi connectivity index (χ3v) is 4.48. The largest absolute Gasteiger partial charge is 0.336 e. The number of carbonyl (C=O) groups excluding carboxylic acids is 2. The summed E-state index contributed by atoms with van der Waals surface area (Å²) < 4.78 is 0. The Labute approximate surface area is 145 Å². The van der Waals surface area contributed by atoms with Gasteiger partial charge in [0, 0.05) is 26.3 Å². The van der Waals surface area contributed by atoms with Crippen LogP contribution in [0.3, 0.4) is 0 Å². The number of likely N-dealkylation sites (N-methyl/N-ethyl adjacent to an activating group) is 1. The van der Waals surface area contributed by atoms with E-state index in [0.29, 0.717) is 11.6 Å². The molecule has 1 aromatic heterocycles. The number of hydrogen-bond acceptors (Lipinski definition) is 5. The molecule has 7 nitrogen and oxygen atoms in total. The van der Waals surface area contributed by atoms with Crippen LogP contribution in [-0.4, -0.2) is 40.4 Å². The van der Waals surface area contributed by atoms with Gasteiger partial charge in [0.25, 0.3) is 5.91 Å². The molecule has 1 N–H and O–H groups in total. The van der Waals surface area contributed by atoms with Gasteiger partial charge in [0.2, 0.25) is 5.95 Å². The predicted molar refractivity (Wildman–Crippen MR) is 92.5 cm³/mol. The van der Waals surface area contributed by atoms with E-state index in [9.17, 15) is 9.59 Å². The number of carbonyl (C=O) groups is 2. The zero-order valence-electron chi connectivity index (χ0n) is 13.8. The molecule has 2 aliphatic rings. The molecule has 0 bridgehead atoms. The maximum atomic E-state index is 11.8. The topological polar surface area (TPSA) is 78.4 Å². The van der Waals surface area contributed by atoms with Crippen molar-refractivity contribution in [1.82, 2.24) is 20.2 Å². The van der Waals surface area contributed by atoms with Crippen LogP contribution in [0, 0.1) is 0 Å². The summed E-state index contributed by atoms with van der Waals surface area (Å²) in [7, 11) is 1.55. The highest BCUT2D eigenvalue weighted by atomic mass is 16.2. The molecule has 1 saturated heterocycles. The summed E-state index contributed by atoms with van der Waals surface area (Å²) in [6, 6.07) is 9.66. The van der Waals surface area contributed by atoms with Gasteiger partial charge in [-0.15, -0.1) is 0 Å². The molecular weight excluding hydrogens is 318 g/mol. The lowest BCUT2D eigenvalue weighted by Gasteiger charge is -2.28. The van der Waals surface area contributed by atoms with E-state index in [1.54, 1.807) is 25.4 Å². The minimum Gasteiger partial charge on any atom is -0.336 e. The van der Waals surface area contributed by atoms with Gasteiger partial charge in [0.1, 0.15) is 5.70 Å². The summed E-state index contributed by atoms with van der Waals surface area (Å²) in [6.45, 7) is 1.60. The maximum Gasteiger partial charge on any atom is 0.328 e. The van der Waals surface area contributed by atoms with E-state index in [1.165, 1.54) is 16.0 Å². The summed E-state index contributed by atoms with van der Waals surface area (Å²) >= 11 is 0. The first-order valence-corrected chi connectivity index (χ1v) is 8.07. The van der Waals surface area contributed by atoms with E-state index in [1.807, 2.05) is 6.07 Å². The van der Waals surface area contributed by atoms with Crippen molar-refractivity contribution in [3.8, 4) is 0 Å². The van der Waals surface area contributed by atoms with Gasteiger partial charge in [-0.1, -0.05) is 24.3 Å². The molecule has 3 amide bonds. The summed E-state index contributed by atoms with van der Waals surface area (Å²) in [5.74, 6) is 0.204. The molecule has 2 aromatic rings. The first kappa shape index (κ1) is 15.3. The van der Waals surface area contributed by atoms with Crippen molar-refractivity contribution in [3.05, 3.63) is 59.0 Å². The van der Waals surface area contributed by atoms with Gasteiger partial charge in [0.15, 0.2) is 0 Å². The third-order valence-electron chi connectivity index (χ3n) is 4.48. The van der Waals surface area contributed by atoms with Crippen LogP contribution in [0.15, 0.2) is 42.2 Å².